The van der Waals surface area contributed by atoms with Crippen LogP contribution >= 0.6 is 22.4 Å². The number of aromatic nitrogens is 2. The summed E-state index contributed by atoms with van der Waals surface area (Å²) < 4.78 is 52.3. The Morgan fingerprint density at radius 2 is 2.03 bits per heavy atom. The van der Waals surface area contributed by atoms with E-state index in [0.29, 0.717) is 28.0 Å². The van der Waals surface area contributed by atoms with Crippen LogP contribution in [-0.4, -0.2) is 38.3 Å². The molecule has 1 fully saturated rings. The van der Waals surface area contributed by atoms with Crippen LogP contribution in [-0.2, 0) is 21.2 Å². The Morgan fingerprint density at radius 3 is 2.67 bits per heavy atom. The number of allylic oxidation sites excluding steroid dienone is 4. The van der Waals surface area contributed by atoms with Crippen LogP contribution in [0.1, 0.15) is 53.6 Å². The van der Waals surface area contributed by atoms with Gasteiger partial charge in [-0.05, 0) is 48.7 Å². The lowest BCUT2D eigenvalue weighted by Crippen LogP contribution is -2.34. The monoisotopic (exact) mass is 587 g/mol. The number of hydrogen-bond acceptors (Lipinski definition) is 7. The minimum Gasteiger partial charge on any atom is -0.341 e. The van der Waals surface area contributed by atoms with Crippen LogP contribution in [0.2, 0.25) is 0 Å². The van der Waals surface area contributed by atoms with Gasteiger partial charge >= 0.3 is 0 Å². The third-order valence-corrected chi connectivity index (χ3v) is 10.3. The molecule has 0 saturated carbocycles. The number of halogens is 1. The van der Waals surface area contributed by atoms with Gasteiger partial charge in [-0.1, -0.05) is 36.4 Å². The maximum absolute atomic E-state index is 13.4. The van der Waals surface area contributed by atoms with Crippen molar-refractivity contribution >= 4 is 49.3 Å². The van der Waals surface area contributed by atoms with Gasteiger partial charge in [0.25, 0.3) is 0 Å². The number of aromatic amines is 1. The molecule has 2 unspecified atom stereocenters. The number of nitrogens with zero attached hydrogens (tertiary/aromatic N) is 2. The van der Waals surface area contributed by atoms with Gasteiger partial charge in [-0.3, -0.25) is 18.6 Å². The van der Waals surface area contributed by atoms with E-state index in [4.69, 9.17) is 11.6 Å². The minimum absolute atomic E-state index is 0.0309. The molecule has 3 atom stereocenters. The second-order valence-corrected chi connectivity index (χ2v) is 14.4. The van der Waals surface area contributed by atoms with E-state index in [1.165, 1.54) is 6.08 Å². The van der Waals surface area contributed by atoms with E-state index in [2.05, 4.69) is 25.5 Å². The fraction of sp³-hybridized carbons (Fsp3) is 0.269. The summed E-state index contributed by atoms with van der Waals surface area (Å²) in [6, 6.07) is 13.2. The number of alkyl halides is 1. The average Bonchev–Trinajstić information content (AvgIpc) is 3.41. The molecule has 2 heterocycles. The van der Waals surface area contributed by atoms with E-state index in [1.807, 2.05) is 0 Å². The molecule has 204 valence electrons. The standard InChI is InChI=1S/C26H26ClN5O5S2/c1-26(27)10-2-3-19(14-26)38(34,35)31-22(25-29-20-9-6-17(15-28)12-21(20)30-25)11-16-4-7-18(8-5-16)23-13-24(33)32-39(23,36)37/h2-10,12,22-23,31,36-37H,11,13-14H2,1H3,(H,29,30)(H,32,33)/t22-,23?,26?/m0/s1. The molecular formula is C26H26ClN5O5S2. The van der Waals surface area contributed by atoms with Gasteiger partial charge in [0.15, 0.2) is 0 Å². The molecule has 0 radical (unpaired) electrons. The van der Waals surface area contributed by atoms with Crippen LogP contribution in [0.4, 0.5) is 0 Å². The van der Waals surface area contributed by atoms with Gasteiger partial charge in [-0.15, -0.1) is 22.4 Å². The SMILES string of the molecule is CC1(Cl)C=CC=C(S(=O)(=O)N[C@@H](Cc2ccc(C3CC(=O)NS3(O)O)cc2)c2nc3ccc(C#N)cc3[nH]2)C1. The van der Waals surface area contributed by atoms with Crippen molar-refractivity contribution in [3.8, 4) is 6.07 Å². The first kappa shape index (κ1) is 27.4. The molecule has 5 N–H and O–H groups in total. The van der Waals surface area contributed by atoms with E-state index >= 15 is 0 Å². The minimum atomic E-state index is -3.96. The van der Waals surface area contributed by atoms with Crippen LogP contribution in [0.15, 0.2) is 65.6 Å². The number of amides is 1. The molecule has 1 aliphatic carbocycles. The van der Waals surface area contributed by atoms with Gasteiger partial charge in [0.2, 0.25) is 15.9 Å². The number of fused-ring (bicyclic) bond motifs is 1. The lowest BCUT2D eigenvalue weighted by atomic mass is 10.0. The highest BCUT2D eigenvalue weighted by Crippen LogP contribution is 2.56. The predicted molar refractivity (Wildman–Crippen MR) is 150 cm³/mol. The van der Waals surface area contributed by atoms with Gasteiger partial charge in [0.1, 0.15) is 11.1 Å². The van der Waals surface area contributed by atoms with Crippen molar-refractivity contribution in [2.45, 2.75) is 42.4 Å². The van der Waals surface area contributed by atoms with E-state index in [-0.39, 0.29) is 24.2 Å². The molecule has 5 rings (SSSR count). The van der Waals surface area contributed by atoms with Crippen LogP contribution in [0.3, 0.4) is 0 Å². The smallest absolute Gasteiger partial charge is 0.240 e. The number of nitriles is 1. The number of imidazole rings is 1. The first-order valence-corrected chi connectivity index (χ1v) is 15.5. The first-order chi connectivity index (χ1) is 18.3. The third kappa shape index (κ3) is 5.89. The van der Waals surface area contributed by atoms with Crippen molar-refractivity contribution in [1.29, 1.82) is 5.26 Å². The molecule has 2 aromatic carbocycles. The average molecular weight is 588 g/mol. The zero-order valence-corrected chi connectivity index (χ0v) is 23.1. The summed E-state index contributed by atoms with van der Waals surface area (Å²) in [5, 5.41) is 8.49. The fourth-order valence-corrected chi connectivity index (χ4v) is 7.94. The molecule has 0 bridgehead atoms. The first-order valence-electron chi connectivity index (χ1n) is 12.0. The van der Waals surface area contributed by atoms with Gasteiger partial charge in [-0.25, -0.2) is 18.1 Å². The van der Waals surface area contributed by atoms with Crippen molar-refractivity contribution in [2.75, 3.05) is 0 Å². The molecule has 0 spiro atoms. The highest BCUT2D eigenvalue weighted by atomic mass is 35.5. The molecule has 1 aliphatic heterocycles. The Kier molecular flexibility index (Phi) is 7.09. The lowest BCUT2D eigenvalue weighted by molar-refractivity contribution is -0.118. The Labute approximate surface area is 232 Å². The summed E-state index contributed by atoms with van der Waals surface area (Å²) in [4.78, 5) is 18.8. The summed E-state index contributed by atoms with van der Waals surface area (Å²) in [5.74, 6) is -0.0593. The second kappa shape index (κ2) is 10.1. The van der Waals surface area contributed by atoms with Gasteiger partial charge in [0.05, 0.1) is 44.9 Å². The number of nitrogens with one attached hydrogen (secondary N) is 3. The summed E-state index contributed by atoms with van der Waals surface area (Å²) in [6.07, 6.45) is 5.18. The maximum Gasteiger partial charge on any atom is 0.240 e. The Hall–Kier alpha value is -3.18. The summed E-state index contributed by atoms with van der Waals surface area (Å²) in [5.41, 5.74) is 2.96. The summed E-state index contributed by atoms with van der Waals surface area (Å²) in [7, 11) is -7.25. The number of rotatable bonds is 7. The van der Waals surface area contributed by atoms with Crippen LogP contribution in [0.25, 0.3) is 11.0 Å². The van der Waals surface area contributed by atoms with Crippen LogP contribution in [0, 0.1) is 11.3 Å². The quantitative estimate of drug-likeness (QED) is 0.249. The fourth-order valence-electron chi connectivity index (χ4n) is 4.70. The molecule has 3 aromatic rings. The highest BCUT2D eigenvalue weighted by molar-refractivity contribution is 8.23. The summed E-state index contributed by atoms with van der Waals surface area (Å²) >= 11 is 6.41. The number of carbonyl (C=O) groups excluding carboxylic acids is 1. The third-order valence-electron chi connectivity index (χ3n) is 6.67. The normalized spacial score (nSPS) is 24.1. The second-order valence-electron chi connectivity index (χ2n) is 9.84. The van der Waals surface area contributed by atoms with Crippen molar-refractivity contribution in [1.82, 2.24) is 19.4 Å². The summed E-state index contributed by atoms with van der Waals surface area (Å²) in [6.45, 7) is 1.74. The van der Waals surface area contributed by atoms with E-state index in [0.717, 1.165) is 5.56 Å². The van der Waals surface area contributed by atoms with Gasteiger partial charge in [0, 0.05) is 6.42 Å². The Morgan fingerprint density at radius 1 is 1.28 bits per heavy atom. The molecule has 1 aromatic heterocycles. The number of hydrogen-bond donors (Lipinski definition) is 5. The lowest BCUT2D eigenvalue weighted by Gasteiger charge is -2.32. The Balaban J connectivity index is 1.46. The predicted octanol–water partition coefficient (Wildman–Crippen LogP) is 4.71. The molecule has 1 saturated heterocycles. The largest absolute Gasteiger partial charge is 0.341 e. The van der Waals surface area contributed by atoms with Crippen molar-refractivity contribution < 1.29 is 22.3 Å². The molecular weight excluding hydrogens is 562 g/mol. The van der Waals surface area contributed by atoms with Gasteiger partial charge < -0.3 is 4.98 Å². The molecule has 1 amide bonds. The van der Waals surface area contributed by atoms with E-state index < -0.39 is 42.9 Å². The number of benzene rings is 2. The highest BCUT2D eigenvalue weighted by Gasteiger charge is 2.38. The Bertz CT molecular complexity index is 1660. The molecule has 10 nitrogen and oxygen atoms in total. The maximum atomic E-state index is 13.4. The number of H-pyrrole nitrogens is 1. The van der Waals surface area contributed by atoms with E-state index in [1.54, 1.807) is 61.5 Å². The zero-order chi connectivity index (χ0) is 28.0. The molecule has 39 heavy (non-hydrogen) atoms. The van der Waals surface area contributed by atoms with E-state index in [9.17, 15) is 27.6 Å². The van der Waals surface area contributed by atoms with Gasteiger partial charge in [-0.2, -0.15) is 5.26 Å². The molecule has 13 heteroatoms. The van der Waals surface area contributed by atoms with Crippen molar-refractivity contribution in [3.05, 3.63) is 88.1 Å². The number of sulfonamides is 1. The zero-order valence-electron chi connectivity index (χ0n) is 20.8. The number of carbonyl (C=O) groups is 1. The van der Waals surface area contributed by atoms with Crippen LogP contribution < -0.4 is 9.44 Å². The van der Waals surface area contributed by atoms with Crippen molar-refractivity contribution in [2.24, 2.45) is 0 Å². The topological polar surface area (TPSA) is 168 Å². The van der Waals surface area contributed by atoms with Crippen molar-refractivity contribution in [3.63, 3.8) is 0 Å². The molecule has 2 aliphatic rings. The van der Waals surface area contributed by atoms with Crippen LogP contribution in [0.5, 0.6) is 0 Å².